The minimum absolute atomic E-state index is 0.224. The third-order valence-corrected chi connectivity index (χ3v) is 2.97. The molecule has 0 spiro atoms. The van der Waals surface area contributed by atoms with Crippen molar-refractivity contribution in [3.8, 4) is 0 Å². The number of nitrogens with one attached hydrogen (secondary N) is 1. The lowest BCUT2D eigenvalue weighted by molar-refractivity contribution is 0.127. The average Bonchev–Trinajstić information content (AvgIpc) is 2.25. The number of hydrogen-bond acceptors (Lipinski definition) is 2. The predicted molar refractivity (Wildman–Crippen MR) is 66.9 cm³/mol. The van der Waals surface area contributed by atoms with E-state index in [1.807, 2.05) is 6.92 Å². The minimum atomic E-state index is -0.224. The molecule has 0 radical (unpaired) electrons. The summed E-state index contributed by atoms with van der Waals surface area (Å²) in [7, 11) is 0. The molecule has 1 atom stereocenters. The van der Waals surface area contributed by atoms with Gasteiger partial charge in [0.05, 0.1) is 6.61 Å². The molecule has 0 saturated heterocycles. The van der Waals surface area contributed by atoms with Crippen molar-refractivity contribution < 1.29 is 9.13 Å². The highest BCUT2D eigenvalue weighted by atomic mass is 79.9. The Morgan fingerprint density at radius 3 is 2.88 bits per heavy atom. The van der Waals surface area contributed by atoms with E-state index < -0.39 is 0 Å². The zero-order chi connectivity index (χ0) is 12.0. The summed E-state index contributed by atoms with van der Waals surface area (Å²) in [6.45, 7) is 6.16. The van der Waals surface area contributed by atoms with E-state index in [-0.39, 0.29) is 11.9 Å². The van der Waals surface area contributed by atoms with E-state index in [1.165, 1.54) is 12.1 Å². The van der Waals surface area contributed by atoms with E-state index in [9.17, 15) is 4.39 Å². The summed E-state index contributed by atoms with van der Waals surface area (Å²) >= 11 is 3.34. The second-order valence-electron chi connectivity index (χ2n) is 3.68. The minimum Gasteiger partial charge on any atom is -0.380 e. The van der Waals surface area contributed by atoms with Crippen LogP contribution in [0.2, 0.25) is 0 Å². The van der Waals surface area contributed by atoms with Gasteiger partial charge in [-0.2, -0.15) is 0 Å². The Kier molecular flexibility index (Phi) is 5.95. The first-order valence-electron chi connectivity index (χ1n) is 5.38. The van der Waals surface area contributed by atoms with Gasteiger partial charge in [-0.1, -0.05) is 22.0 Å². The summed E-state index contributed by atoms with van der Waals surface area (Å²) in [5.41, 5.74) is 1.05. The van der Waals surface area contributed by atoms with Crippen molar-refractivity contribution in [3.05, 3.63) is 34.1 Å². The first kappa shape index (κ1) is 13.6. The zero-order valence-corrected chi connectivity index (χ0v) is 11.2. The van der Waals surface area contributed by atoms with Crippen LogP contribution in [0, 0.1) is 5.82 Å². The van der Waals surface area contributed by atoms with Gasteiger partial charge in [-0.05, 0) is 31.5 Å². The smallest absolute Gasteiger partial charge is 0.124 e. The summed E-state index contributed by atoms with van der Waals surface area (Å²) in [6.07, 6.45) is 0. The molecule has 0 saturated carbocycles. The molecule has 4 heteroatoms. The molecule has 1 N–H and O–H groups in total. The van der Waals surface area contributed by atoms with Crippen LogP contribution in [0.3, 0.4) is 0 Å². The number of ether oxygens (including phenoxy) is 1. The molecule has 0 fully saturated rings. The van der Waals surface area contributed by atoms with E-state index in [0.717, 1.165) is 16.6 Å². The van der Waals surface area contributed by atoms with Crippen molar-refractivity contribution in [2.75, 3.05) is 13.2 Å². The average molecular weight is 290 g/mol. The second kappa shape index (κ2) is 6.99. The summed E-state index contributed by atoms with van der Waals surface area (Å²) in [5, 5.41) is 3.32. The fourth-order valence-corrected chi connectivity index (χ4v) is 1.79. The van der Waals surface area contributed by atoms with Gasteiger partial charge in [-0.25, -0.2) is 4.39 Å². The summed E-state index contributed by atoms with van der Waals surface area (Å²) < 4.78 is 18.9. The molecule has 0 aliphatic rings. The van der Waals surface area contributed by atoms with Crippen molar-refractivity contribution in [1.29, 1.82) is 0 Å². The topological polar surface area (TPSA) is 21.3 Å². The van der Waals surface area contributed by atoms with Gasteiger partial charge in [0.15, 0.2) is 0 Å². The monoisotopic (exact) mass is 289 g/mol. The molecule has 2 nitrogen and oxygen atoms in total. The Morgan fingerprint density at radius 2 is 2.25 bits per heavy atom. The molecule has 0 aliphatic carbocycles. The molecule has 0 amide bonds. The van der Waals surface area contributed by atoms with Crippen molar-refractivity contribution in [3.63, 3.8) is 0 Å². The third kappa shape index (κ3) is 4.60. The van der Waals surface area contributed by atoms with Crippen LogP contribution >= 0.6 is 15.9 Å². The predicted octanol–water partition coefficient (Wildman–Crippen LogP) is 3.10. The normalized spacial score (nSPS) is 12.8. The molecule has 1 aromatic carbocycles. The Morgan fingerprint density at radius 1 is 1.50 bits per heavy atom. The quantitative estimate of drug-likeness (QED) is 0.869. The standard InChI is InChI=1S/C12H17BrFNO/c1-3-16-8-9(2)15-7-10-4-5-11(14)6-12(10)13/h4-6,9,15H,3,7-8H2,1-2H3. The fraction of sp³-hybridized carbons (Fsp3) is 0.500. The lowest BCUT2D eigenvalue weighted by Crippen LogP contribution is -2.30. The van der Waals surface area contributed by atoms with Gasteiger partial charge in [0.1, 0.15) is 5.82 Å². The van der Waals surface area contributed by atoms with Crippen LogP contribution in [0.5, 0.6) is 0 Å². The molecule has 0 aromatic heterocycles. The lowest BCUT2D eigenvalue weighted by atomic mass is 10.2. The van der Waals surface area contributed by atoms with Crippen LogP contribution in [0.1, 0.15) is 19.4 Å². The zero-order valence-electron chi connectivity index (χ0n) is 9.59. The number of rotatable bonds is 6. The van der Waals surface area contributed by atoms with Crippen LogP contribution in [0.25, 0.3) is 0 Å². The SMILES string of the molecule is CCOCC(C)NCc1ccc(F)cc1Br. The Balaban J connectivity index is 2.42. The van der Waals surface area contributed by atoms with Crippen LogP contribution in [-0.4, -0.2) is 19.3 Å². The van der Waals surface area contributed by atoms with Gasteiger partial charge in [0.25, 0.3) is 0 Å². The van der Waals surface area contributed by atoms with E-state index >= 15 is 0 Å². The maximum Gasteiger partial charge on any atom is 0.124 e. The van der Waals surface area contributed by atoms with Crippen LogP contribution in [0.15, 0.2) is 22.7 Å². The highest BCUT2D eigenvalue weighted by Gasteiger charge is 2.04. The third-order valence-electron chi connectivity index (χ3n) is 2.23. The molecular formula is C12H17BrFNO. The van der Waals surface area contributed by atoms with E-state index in [1.54, 1.807) is 6.07 Å². The molecule has 1 rings (SSSR count). The van der Waals surface area contributed by atoms with Gasteiger partial charge in [-0.3, -0.25) is 0 Å². The number of benzene rings is 1. The molecule has 90 valence electrons. The molecule has 0 bridgehead atoms. The number of halogens is 2. The van der Waals surface area contributed by atoms with Gasteiger partial charge in [-0.15, -0.1) is 0 Å². The Labute approximate surface area is 104 Å². The molecule has 16 heavy (non-hydrogen) atoms. The summed E-state index contributed by atoms with van der Waals surface area (Å²) in [5.74, 6) is -0.224. The highest BCUT2D eigenvalue weighted by Crippen LogP contribution is 2.17. The van der Waals surface area contributed by atoms with E-state index in [4.69, 9.17) is 4.74 Å². The molecule has 0 heterocycles. The Hall–Kier alpha value is -0.450. The van der Waals surface area contributed by atoms with Gasteiger partial charge in [0.2, 0.25) is 0 Å². The molecule has 1 unspecified atom stereocenters. The van der Waals surface area contributed by atoms with Crippen molar-refractivity contribution in [2.24, 2.45) is 0 Å². The van der Waals surface area contributed by atoms with Crippen molar-refractivity contribution in [2.45, 2.75) is 26.4 Å². The first-order chi connectivity index (χ1) is 7.63. The fourth-order valence-electron chi connectivity index (χ4n) is 1.30. The van der Waals surface area contributed by atoms with Gasteiger partial charge in [0, 0.05) is 23.7 Å². The van der Waals surface area contributed by atoms with E-state index in [2.05, 4.69) is 28.2 Å². The summed E-state index contributed by atoms with van der Waals surface area (Å²) in [4.78, 5) is 0. The maximum absolute atomic E-state index is 12.8. The van der Waals surface area contributed by atoms with Gasteiger partial charge < -0.3 is 10.1 Å². The van der Waals surface area contributed by atoms with Crippen molar-refractivity contribution >= 4 is 15.9 Å². The Bertz CT molecular complexity index is 333. The van der Waals surface area contributed by atoms with Crippen LogP contribution in [-0.2, 0) is 11.3 Å². The second-order valence-corrected chi connectivity index (χ2v) is 4.53. The largest absolute Gasteiger partial charge is 0.380 e. The van der Waals surface area contributed by atoms with E-state index in [0.29, 0.717) is 13.2 Å². The van der Waals surface area contributed by atoms with Crippen molar-refractivity contribution in [1.82, 2.24) is 5.32 Å². The first-order valence-corrected chi connectivity index (χ1v) is 6.17. The lowest BCUT2D eigenvalue weighted by Gasteiger charge is -2.14. The van der Waals surface area contributed by atoms with Gasteiger partial charge >= 0.3 is 0 Å². The maximum atomic E-state index is 12.8. The molecule has 0 aliphatic heterocycles. The summed E-state index contributed by atoms with van der Waals surface area (Å²) in [6, 6.07) is 5.01. The van der Waals surface area contributed by atoms with Crippen LogP contribution < -0.4 is 5.32 Å². The van der Waals surface area contributed by atoms with Crippen LogP contribution in [0.4, 0.5) is 4.39 Å². The molecular weight excluding hydrogens is 273 g/mol. The highest BCUT2D eigenvalue weighted by molar-refractivity contribution is 9.10. The molecule has 1 aromatic rings. The number of hydrogen-bond donors (Lipinski definition) is 1.